The maximum absolute atomic E-state index is 10.4. The fourth-order valence-corrected chi connectivity index (χ4v) is 2.48. The van der Waals surface area contributed by atoms with Crippen molar-refractivity contribution < 1.29 is 5.11 Å². The monoisotopic (exact) mass is 271 g/mol. The van der Waals surface area contributed by atoms with E-state index in [1.807, 2.05) is 11.9 Å². The van der Waals surface area contributed by atoms with Crippen molar-refractivity contribution in [2.75, 3.05) is 30.9 Å². The number of aliphatic hydroxyl groups is 1. The molecular formula is C11H18ClN5O. The number of anilines is 2. The van der Waals surface area contributed by atoms with Crippen LogP contribution in [0.1, 0.15) is 25.7 Å². The van der Waals surface area contributed by atoms with Gasteiger partial charge in [0.05, 0.1) is 5.60 Å². The van der Waals surface area contributed by atoms with E-state index in [1.54, 1.807) is 7.05 Å². The van der Waals surface area contributed by atoms with Crippen molar-refractivity contribution in [1.82, 2.24) is 15.0 Å². The number of hydrogen-bond donors (Lipinski definition) is 2. The van der Waals surface area contributed by atoms with Crippen LogP contribution in [0.3, 0.4) is 0 Å². The molecule has 0 spiro atoms. The number of aromatic nitrogens is 3. The highest BCUT2D eigenvalue weighted by Crippen LogP contribution is 2.30. The molecule has 6 nitrogen and oxygen atoms in total. The minimum Gasteiger partial charge on any atom is -0.388 e. The van der Waals surface area contributed by atoms with Gasteiger partial charge in [0.2, 0.25) is 17.2 Å². The Bertz CT molecular complexity index is 422. The van der Waals surface area contributed by atoms with Gasteiger partial charge in [-0.3, -0.25) is 0 Å². The molecule has 0 radical (unpaired) electrons. The van der Waals surface area contributed by atoms with Crippen molar-refractivity contribution in [2.24, 2.45) is 0 Å². The molecule has 1 aromatic rings. The van der Waals surface area contributed by atoms with Gasteiger partial charge in [-0.2, -0.15) is 15.0 Å². The Kier molecular flexibility index (Phi) is 3.87. The van der Waals surface area contributed by atoms with Crippen LogP contribution in [0.25, 0.3) is 0 Å². The normalized spacial score (nSPS) is 17.8. The average molecular weight is 272 g/mol. The molecule has 1 aliphatic carbocycles. The lowest BCUT2D eigenvalue weighted by molar-refractivity contribution is 0.0556. The summed E-state index contributed by atoms with van der Waals surface area (Å²) in [6, 6.07) is 0. The van der Waals surface area contributed by atoms with Crippen molar-refractivity contribution in [2.45, 2.75) is 31.3 Å². The van der Waals surface area contributed by atoms with E-state index in [-0.39, 0.29) is 5.28 Å². The van der Waals surface area contributed by atoms with Crippen molar-refractivity contribution in [1.29, 1.82) is 0 Å². The van der Waals surface area contributed by atoms with Crippen molar-refractivity contribution in [3.05, 3.63) is 5.28 Å². The Balaban J connectivity index is 2.12. The molecule has 0 bridgehead atoms. The maximum atomic E-state index is 10.4. The number of nitrogens with one attached hydrogen (secondary N) is 1. The summed E-state index contributed by atoms with van der Waals surface area (Å²) < 4.78 is 0. The summed E-state index contributed by atoms with van der Waals surface area (Å²) in [5, 5.41) is 13.3. The molecule has 1 heterocycles. The number of likely N-dealkylation sites (N-methyl/N-ethyl adjacent to an activating group) is 1. The zero-order valence-electron chi connectivity index (χ0n) is 10.6. The lowest BCUT2D eigenvalue weighted by Gasteiger charge is -2.28. The Morgan fingerprint density at radius 3 is 2.61 bits per heavy atom. The van der Waals surface area contributed by atoms with Crippen LogP contribution in [-0.2, 0) is 0 Å². The van der Waals surface area contributed by atoms with Crippen molar-refractivity contribution in [3.63, 3.8) is 0 Å². The molecule has 18 heavy (non-hydrogen) atoms. The molecule has 1 aromatic heterocycles. The second-order valence-electron chi connectivity index (χ2n) is 4.77. The Morgan fingerprint density at radius 1 is 1.33 bits per heavy atom. The molecule has 7 heteroatoms. The largest absolute Gasteiger partial charge is 0.388 e. The lowest BCUT2D eigenvalue weighted by Crippen LogP contribution is -2.40. The highest BCUT2D eigenvalue weighted by atomic mass is 35.5. The van der Waals surface area contributed by atoms with E-state index in [9.17, 15) is 5.11 Å². The zero-order valence-corrected chi connectivity index (χ0v) is 11.4. The molecule has 0 atom stereocenters. The first-order chi connectivity index (χ1) is 8.52. The van der Waals surface area contributed by atoms with E-state index in [1.165, 1.54) is 0 Å². The predicted molar refractivity (Wildman–Crippen MR) is 71.1 cm³/mol. The number of halogens is 1. The first-order valence-electron chi connectivity index (χ1n) is 6.05. The van der Waals surface area contributed by atoms with Crippen molar-refractivity contribution >= 4 is 23.5 Å². The molecule has 100 valence electrons. The van der Waals surface area contributed by atoms with Gasteiger partial charge >= 0.3 is 0 Å². The van der Waals surface area contributed by atoms with Gasteiger partial charge in [-0.1, -0.05) is 12.8 Å². The fraction of sp³-hybridized carbons (Fsp3) is 0.727. The lowest BCUT2D eigenvalue weighted by atomic mass is 10.0. The molecule has 0 aliphatic heterocycles. The fourth-order valence-electron chi connectivity index (χ4n) is 2.33. The molecule has 0 unspecified atom stereocenters. The van der Waals surface area contributed by atoms with Crippen LogP contribution in [0.4, 0.5) is 11.9 Å². The SMILES string of the molecule is CNc1nc(Cl)nc(N(C)CC2(O)CCCC2)n1. The van der Waals surface area contributed by atoms with E-state index < -0.39 is 5.60 Å². The number of hydrogen-bond acceptors (Lipinski definition) is 6. The molecule has 0 amide bonds. The number of nitrogens with zero attached hydrogens (tertiary/aromatic N) is 4. The topological polar surface area (TPSA) is 74.2 Å². The van der Waals surface area contributed by atoms with Gasteiger partial charge < -0.3 is 15.3 Å². The molecule has 1 saturated carbocycles. The Labute approximate surface area is 111 Å². The quantitative estimate of drug-likeness (QED) is 0.860. The third-order valence-corrected chi connectivity index (χ3v) is 3.40. The summed E-state index contributed by atoms with van der Waals surface area (Å²) in [4.78, 5) is 14.0. The third kappa shape index (κ3) is 3.00. The van der Waals surface area contributed by atoms with Gasteiger partial charge in [0.15, 0.2) is 0 Å². The second kappa shape index (κ2) is 5.24. The highest BCUT2D eigenvalue weighted by molar-refractivity contribution is 6.28. The molecule has 1 fully saturated rings. The minimum atomic E-state index is -0.631. The van der Waals surface area contributed by atoms with Crippen molar-refractivity contribution in [3.8, 4) is 0 Å². The highest BCUT2D eigenvalue weighted by Gasteiger charge is 2.33. The summed E-state index contributed by atoms with van der Waals surface area (Å²) in [7, 11) is 3.57. The minimum absolute atomic E-state index is 0.148. The van der Waals surface area contributed by atoms with Crippen LogP contribution in [-0.4, -0.2) is 46.3 Å². The molecule has 0 saturated heterocycles. The smallest absolute Gasteiger partial charge is 0.231 e. The van der Waals surface area contributed by atoms with Crippen LogP contribution < -0.4 is 10.2 Å². The van der Waals surface area contributed by atoms with E-state index in [4.69, 9.17) is 11.6 Å². The van der Waals surface area contributed by atoms with Gasteiger partial charge in [-0.05, 0) is 24.4 Å². The van der Waals surface area contributed by atoms with Gasteiger partial charge in [-0.25, -0.2) is 0 Å². The van der Waals surface area contributed by atoms with Crippen LogP contribution in [0.15, 0.2) is 0 Å². The summed E-state index contributed by atoms with van der Waals surface area (Å²) in [5.41, 5.74) is -0.631. The standard InChI is InChI=1S/C11H18ClN5O/c1-13-9-14-8(12)15-10(16-9)17(2)7-11(18)5-3-4-6-11/h18H,3-7H2,1-2H3,(H,13,14,15,16). The van der Waals surface area contributed by atoms with E-state index >= 15 is 0 Å². The van der Waals surface area contributed by atoms with E-state index in [0.29, 0.717) is 18.4 Å². The second-order valence-corrected chi connectivity index (χ2v) is 5.10. The third-order valence-electron chi connectivity index (χ3n) is 3.23. The Hall–Kier alpha value is -1.14. The predicted octanol–water partition coefficient (Wildman–Crippen LogP) is 1.31. The van der Waals surface area contributed by atoms with Crippen LogP contribution in [0, 0.1) is 0 Å². The van der Waals surface area contributed by atoms with Crippen LogP contribution in [0.5, 0.6) is 0 Å². The average Bonchev–Trinajstić information content (AvgIpc) is 2.74. The van der Waals surface area contributed by atoms with Crippen LogP contribution >= 0.6 is 11.6 Å². The Morgan fingerprint density at radius 2 is 2.00 bits per heavy atom. The molecule has 2 rings (SSSR count). The molecule has 0 aromatic carbocycles. The van der Waals surface area contributed by atoms with Gasteiger partial charge in [0, 0.05) is 20.6 Å². The summed E-state index contributed by atoms with van der Waals surface area (Å²) in [6.07, 6.45) is 3.80. The maximum Gasteiger partial charge on any atom is 0.231 e. The molecule has 1 aliphatic rings. The summed E-state index contributed by atoms with van der Waals surface area (Å²) in [5.74, 6) is 0.898. The first-order valence-corrected chi connectivity index (χ1v) is 6.43. The first kappa shape index (κ1) is 13.3. The number of rotatable bonds is 4. The summed E-state index contributed by atoms with van der Waals surface area (Å²) >= 11 is 5.83. The van der Waals surface area contributed by atoms with E-state index in [0.717, 1.165) is 25.7 Å². The molecular weight excluding hydrogens is 254 g/mol. The van der Waals surface area contributed by atoms with Gasteiger partial charge in [0.1, 0.15) is 0 Å². The van der Waals surface area contributed by atoms with E-state index in [2.05, 4.69) is 20.3 Å². The zero-order chi connectivity index (χ0) is 13.2. The van der Waals surface area contributed by atoms with Gasteiger partial charge in [0.25, 0.3) is 0 Å². The summed E-state index contributed by atoms with van der Waals surface area (Å²) in [6.45, 7) is 0.510. The molecule has 2 N–H and O–H groups in total. The van der Waals surface area contributed by atoms with Crippen LogP contribution in [0.2, 0.25) is 5.28 Å². The van der Waals surface area contributed by atoms with Gasteiger partial charge in [-0.15, -0.1) is 0 Å².